The molecule has 4 heteroatoms. The summed E-state index contributed by atoms with van der Waals surface area (Å²) in [6, 6.07) is 0.376. The van der Waals surface area contributed by atoms with Gasteiger partial charge in [-0.15, -0.1) is 0 Å². The largest absolute Gasteiger partial charge is 0.469 e. The fraction of sp³-hybridized carbons (Fsp3) is 0.867. The zero-order chi connectivity index (χ0) is 13.8. The molecular weight excluding hydrogens is 242 g/mol. The van der Waals surface area contributed by atoms with E-state index in [9.17, 15) is 9.59 Å². The molecule has 0 N–H and O–H groups in total. The maximum Gasteiger partial charge on any atom is 0.310 e. The van der Waals surface area contributed by atoms with Gasteiger partial charge in [-0.05, 0) is 25.7 Å². The van der Waals surface area contributed by atoms with Crippen LogP contribution in [0.4, 0.5) is 0 Å². The van der Waals surface area contributed by atoms with Crippen LogP contribution >= 0.6 is 0 Å². The minimum Gasteiger partial charge on any atom is -0.469 e. The van der Waals surface area contributed by atoms with Gasteiger partial charge in [0.15, 0.2) is 0 Å². The molecule has 1 unspecified atom stereocenters. The smallest absolute Gasteiger partial charge is 0.310 e. The third-order valence-corrected chi connectivity index (χ3v) is 4.30. The van der Waals surface area contributed by atoms with Crippen molar-refractivity contribution in [1.82, 2.24) is 4.90 Å². The van der Waals surface area contributed by atoms with Crippen molar-refractivity contribution in [3.8, 4) is 0 Å². The summed E-state index contributed by atoms with van der Waals surface area (Å²) in [5.74, 6) is 0.0254. The highest BCUT2D eigenvalue weighted by Crippen LogP contribution is 2.32. The van der Waals surface area contributed by atoms with Crippen molar-refractivity contribution in [2.75, 3.05) is 13.7 Å². The zero-order valence-electron chi connectivity index (χ0n) is 12.1. The van der Waals surface area contributed by atoms with E-state index in [0.29, 0.717) is 12.6 Å². The van der Waals surface area contributed by atoms with Gasteiger partial charge in [-0.3, -0.25) is 9.59 Å². The Bertz CT molecular complexity index is 332. The van der Waals surface area contributed by atoms with E-state index in [1.165, 1.54) is 26.4 Å². The van der Waals surface area contributed by atoms with Crippen LogP contribution in [0.15, 0.2) is 0 Å². The molecule has 0 spiro atoms. The van der Waals surface area contributed by atoms with Gasteiger partial charge in [0.05, 0.1) is 13.0 Å². The Hall–Kier alpha value is -1.06. The van der Waals surface area contributed by atoms with E-state index in [-0.39, 0.29) is 23.7 Å². The molecule has 19 heavy (non-hydrogen) atoms. The standard InChI is InChI=1S/C15H25NO3/c1-11(15(18)19-2)10-16(13-8-9-13)14(17)12-6-4-3-5-7-12/h11-13H,3-10H2,1-2H3. The monoisotopic (exact) mass is 267 g/mol. The number of amides is 1. The van der Waals surface area contributed by atoms with E-state index in [1.54, 1.807) is 0 Å². The molecule has 1 amide bonds. The summed E-state index contributed by atoms with van der Waals surface area (Å²) in [6.07, 6.45) is 7.82. The lowest BCUT2D eigenvalue weighted by molar-refractivity contribution is -0.147. The topological polar surface area (TPSA) is 46.6 Å². The molecule has 0 aromatic carbocycles. The fourth-order valence-corrected chi connectivity index (χ4v) is 2.96. The maximum absolute atomic E-state index is 12.6. The van der Waals surface area contributed by atoms with Crippen LogP contribution in [0.5, 0.6) is 0 Å². The van der Waals surface area contributed by atoms with Gasteiger partial charge in [-0.2, -0.15) is 0 Å². The molecule has 0 saturated heterocycles. The first-order valence-corrected chi connectivity index (χ1v) is 7.51. The Balaban J connectivity index is 1.95. The highest BCUT2D eigenvalue weighted by atomic mass is 16.5. The first-order valence-electron chi connectivity index (χ1n) is 7.51. The molecule has 0 aromatic rings. The summed E-state index contributed by atoms with van der Waals surface area (Å²) in [5.41, 5.74) is 0. The number of ether oxygens (including phenoxy) is 1. The Morgan fingerprint density at radius 2 is 1.79 bits per heavy atom. The maximum atomic E-state index is 12.6. The van der Waals surface area contributed by atoms with Crippen LogP contribution in [0.3, 0.4) is 0 Å². The van der Waals surface area contributed by atoms with Crippen molar-refractivity contribution >= 4 is 11.9 Å². The number of rotatable bonds is 5. The molecule has 4 nitrogen and oxygen atoms in total. The number of carbonyl (C=O) groups is 2. The van der Waals surface area contributed by atoms with Crippen molar-refractivity contribution in [2.24, 2.45) is 11.8 Å². The van der Waals surface area contributed by atoms with Crippen LogP contribution in [0, 0.1) is 11.8 Å². The van der Waals surface area contributed by atoms with Gasteiger partial charge in [0.25, 0.3) is 0 Å². The van der Waals surface area contributed by atoms with E-state index in [1.807, 2.05) is 11.8 Å². The molecule has 2 aliphatic rings. The summed E-state index contributed by atoms with van der Waals surface area (Å²) in [4.78, 5) is 26.1. The molecule has 0 radical (unpaired) electrons. The lowest BCUT2D eigenvalue weighted by atomic mass is 9.88. The van der Waals surface area contributed by atoms with Crippen LogP contribution in [0.1, 0.15) is 51.9 Å². The van der Waals surface area contributed by atoms with Gasteiger partial charge < -0.3 is 9.64 Å². The summed E-state index contributed by atoms with van der Waals surface area (Å²) >= 11 is 0. The van der Waals surface area contributed by atoms with E-state index in [0.717, 1.165) is 25.7 Å². The number of hydrogen-bond acceptors (Lipinski definition) is 3. The molecule has 1 atom stereocenters. The molecule has 0 bridgehead atoms. The van der Waals surface area contributed by atoms with Gasteiger partial charge >= 0.3 is 5.97 Å². The normalized spacial score (nSPS) is 21.8. The highest BCUT2D eigenvalue weighted by molar-refractivity contribution is 5.80. The molecule has 2 rings (SSSR count). The lowest BCUT2D eigenvalue weighted by Gasteiger charge is -2.30. The molecule has 0 aromatic heterocycles. The molecular formula is C15H25NO3. The first kappa shape index (κ1) is 14.4. The zero-order valence-corrected chi connectivity index (χ0v) is 12.1. The van der Waals surface area contributed by atoms with E-state index in [2.05, 4.69) is 0 Å². The first-order chi connectivity index (χ1) is 9.13. The van der Waals surface area contributed by atoms with Gasteiger partial charge in [-0.1, -0.05) is 26.2 Å². The number of carbonyl (C=O) groups excluding carboxylic acids is 2. The Kier molecular flexibility index (Phi) is 4.83. The fourth-order valence-electron chi connectivity index (χ4n) is 2.96. The third kappa shape index (κ3) is 3.71. The van der Waals surface area contributed by atoms with Crippen LogP contribution < -0.4 is 0 Å². The van der Waals surface area contributed by atoms with Crippen LogP contribution in [-0.4, -0.2) is 36.5 Å². The summed E-state index contributed by atoms with van der Waals surface area (Å²) < 4.78 is 4.76. The van der Waals surface area contributed by atoms with E-state index >= 15 is 0 Å². The minimum absolute atomic E-state index is 0.194. The van der Waals surface area contributed by atoms with Crippen LogP contribution in [0.25, 0.3) is 0 Å². The van der Waals surface area contributed by atoms with Crippen molar-refractivity contribution in [2.45, 2.75) is 57.9 Å². The number of hydrogen-bond donors (Lipinski definition) is 0. The molecule has 2 fully saturated rings. The average Bonchev–Trinajstić information content (AvgIpc) is 3.28. The SMILES string of the molecule is COC(=O)C(C)CN(C(=O)C1CCCCC1)C1CC1. The predicted molar refractivity (Wildman–Crippen MR) is 72.5 cm³/mol. The van der Waals surface area contributed by atoms with Gasteiger partial charge in [0.1, 0.15) is 0 Å². The van der Waals surface area contributed by atoms with Crippen molar-refractivity contribution < 1.29 is 14.3 Å². The second-order valence-electron chi connectivity index (χ2n) is 5.98. The molecule has 0 heterocycles. The molecule has 108 valence electrons. The van der Waals surface area contributed by atoms with E-state index < -0.39 is 0 Å². The number of methoxy groups -OCH3 is 1. The predicted octanol–water partition coefficient (Wildman–Crippen LogP) is 2.37. The summed E-state index contributed by atoms with van der Waals surface area (Å²) in [7, 11) is 1.41. The van der Waals surface area contributed by atoms with Crippen LogP contribution in [0.2, 0.25) is 0 Å². The average molecular weight is 267 g/mol. The second kappa shape index (κ2) is 6.40. The van der Waals surface area contributed by atoms with Gasteiger partial charge in [0, 0.05) is 18.5 Å². The van der Waals surface area contributed by atoms with Gasteiger partial charge in [0.2, 0.25) is 5.91 Å². The van der Waals surface area contributed by atoms with Crippen molar-refractivity contribution in [1.29, 1.82) is 0 Å². The third-order valence-electron chi connectivity index (χ3n) is 4.30. The number of nitrogens with zero attached hydrogens (tertiary/aromatic N) is 1. The molecule has 0 aliphatic heterocycles. The number of esters is 1. The Morgan fingerprint density at radius 3 is 2.32 bits per heavy atom. The molecule has 2 saturated carbocycles. The van der Waals surface area contributed by atoms with Crippen LogP contribution in [-0.2, 0) is 14.3 Å². The Morgan fingerprint density at radius 1 is 1.16 bits per heavy atom. The van der Waals surface area contributed by atoms with E-state index in [4.69, 9.17) is 4.74 Å². The van der Waals surface area contributed by atoms with Gasteiger partial charge in [-0.25, -0.2) is 0 Å². The summed E-state index contributed by atoms with van der Waals surface area (Å²) in [6.45, 7) is 2.36. The quantitative estimate of drug-likeness (QED) is 0.718. The Labute approximate surface area is 115 Å². The van der Waals surface area contributed by atoms with Crippen molar-refractivity contribution in [3.05, 3.63) is 0 Å². The highest BCUT2D eigenvalue weighted by Gasteiger charge is 2.37. The lowest BCUT2D eigenvalue weighted by Crippen LogP contribution is -2.42. The minimum atomic E-state index is -0.224. The second-order valence-corrected chi connectivity index (χ2v) is 5.98. The summed E-state index contributed by atoms with van der Waals surface area (Å²) in [5, 5.41) is 0. The van der Waals surface area contributed by atoms with Crippen molar-refractivity contribution in [3.63, 3.8) is 0 Å². The molecule has 2 aliphatic carbocycles.